The van der Waals surface area contributed by atoms with Gasteiger partial charge in [-0.1, -0.05) is 36.4 Å². The predicted octanol–water partition coefficient (Wildman–Crippen LogP) is 7.77. The van der Waals surface area contributed by atoms with E-state index in [1.807, 2.05) is 70.5 Å². The number of hydrogen-bond acceptors (Lipinski definition) is 4. The minimum Gasteiger partial charge on any atom is -0.327 e. The van der Waals surface area contributed by atoms with E-state index in [0.717, 1.165) is 72.5 Å². The first-order valence-electron chi connectivity index (χ1n) is 14.8. The molecule has 0 spiro atoms. The molecule has 0 fully saturated rings. The number of benzene rings is 4. The first kappa shape index (κ1) is 25.2. The van der Waals surface area contributed by atoms with Crippen LogP contribution >= 0.6 is 0 Å². The maximum atomic E-state index is 5.03. The monoisotopic (exact) mass is 582 g/mol. The molecule has 0 saturated heterocycles. The van der Waals surface area contributed by atoms with Crippen LogP contribution in [-0.2, 0) is 7.05 Å². The molecule has 9 aromatic rings. The summed E-state index contributed by atoms with van der Waals surface area (Å²) in [6.07, 6.45) is 9.39. The summed E-state index contributed by atoms with van der Waals surface area (Å²) in [5, 5.41) is 11.4. The molecule has 8 heteroatoms. The van der Waals surface area contributed by atoms with E-state index in [4.69, 9.17) is 4.98 Å². The van der Waals surface area contributed by atoms with Crippen molar-refractivity contribution in [1.29, 1.82) is 0 Å². The third-order valence-corrected chi connectivity index (χ3v) is 8.49. The molecule has 0 bridgehead atoms. The van der Waals surface area contributed by atoms with Gasteiger partial charge in [0.25, 0.3) is 0 Å². The number of rotatable bonds is 5. The van der Waals surface area contributed by atoms with Gasteiger partial charge in [0.2, 0.25) is 0 Å². The van der Waals surface area contributed by atoms with E-state index >= 15 is 0 Å². The van der Waals surface area contributed by atoms with Crippen molar-refractivity contribution in [2.24, 2.45) is 7.05 Å². The third kappa shape index (κ3) is 4.00. The maximum Gasteiger partial charge on any atom is 0.140 e. The molecule has 8 nitrogen and oxygen atoms in total. The van der Waals surface area contributed by atoms with Crippen LogP contribution in [0.4, 0.5) is 0 Å². The van der Waals surface area contributed by atoms with Crippen LogP contribution in [0.5, 0.6) is 0 Å². The molecule has 0 aliphatic heterocycles. The van der Waals surface area contributed by atoms with Crippen molar-refractivity contribution in [3.05, 3.63) is 140 Å². The average Bonchev–Trinajstić information content (AvgIpc) is 3.91. The van der Waals surface area contributed by atoms with Crippen LogP contribution in [-0.4, -0.2) is 38.7 Å². The van der Waals surface area contributed by atoms with Crippen LogP contribution < -0.4 is 0 Å². The van der Waals surface area contributed by atoms with E-state index in [2.05, 4.69) is 104 Å². The van der Waals surface area contributed by atoms with Crippen LogP contribution in [0.1, 0.15) is 0 Å². The van der Waals surface area contributed by atoms with Gasteiger partial charge in [-0.3, -0.25) is 4.98 Å². The van der Waals surface area contributed by atoms with Gasteiger partial charge in [-0.2, -0.15) is 10.2 Å². The van der Waals surface area contributed by atoms with E-state index in [9.17, 15) is 0 Å². The van der Waals surface area contributed by atoms with Gasteiger partial charge in [0.05, 0.1) is 44.8 Å². The smallest absolute Gasteiger partial charge is 0.140 e. The zero-order valence-electron chi connectivity index (χ0n) is 24.4. The lowest BCUT2D eigenvalue weighted by molar-refractivity contribution is 0.870. The first-order valence-corrected chi connectivity index (χ1v) is 14.8. The molecule has 0 N–H and O–H groups in total. The summed E-state index contributed by atoms with van der Waals surface area (Å²) < 4.78 is 8.32. The topological polar surface area (TPSA) is 71.3 Å². The van der Waals surface area contributed by atoms with E-state index in [0.29, 0.717) is 0 Å². The summed E-state index contributed by atoms with van der Waals surface area (Å²) in [7, 11) is 2.08. The van der Waals surface area contributed by atoms with Crippen LogP contribution in [0.15, 0.2) is 140 Å². The molecule has 5 heterocycles. The molecule has 0 aliphatic rings. The molecule has 0 saturated carbocycles. The second kappa shape index (κ2) is 9.89. The molecule has 4 aromatic carbocycles. The van der Waals surface area contributed by atoms with Gasteiger partial charge >= 0.3 is 0 Å². The predicted molar refractivity (Wildman–Crippen MR) is 178 cm³/mol. The second-order valence-corrected chi connectivity index (χ2v) is 11.1. The molecule has 214 valence electrons. The Labute approximate surface area is 258 Å². The summed E-state index contributed by atoms with van der Waals surface area (Å²) in [5.74, 6) is 0.918. The largest absolute Gasteiger partial charge is 0.327 e. The van der Waals surface area contributed by atoms with Gasteiger partial charge in [-0.15, -0.1) is 0 Å². The van der Waals surface area contributed by atoms with Crippen molar-refractivity contribution < 1.29 is 0 Å². The highest BCUT2D eigenvalue weighted by Gasteiger charge is 2.20. The van der Waals surface area contributed by atoms with Crippen molar-refractivity contribution in [2.45, 2.75) is 0 Å². The number of hydrogen-bond donors (Lipinski definition) is 0. The Bertz CT molecular complexity index is 2480. The molecular formula is C37H26N8. The number of nitrogens with zero attached hydrogens (tertiary/aromatic N) is 8. The van der Waals surface area contributed by atoms with Crippen molar-refractivity contribution in [3.63, 3.8) is 0 Å². The van der Waals surface area contributed by atoms with Gasteiger partial charge in [0, 0.05) is 59.9 Å². The number of aromatic nitrogens is 8. The van der Waals surface area contributed by atoms with Crippen LogP contribution in [0.25, 0.3) is 72.5 Å². The molecule has 9 rings (SSSR count). The molecule has 0 radical (unpaired) electrons. The van der Waals surface area contributed by atoms with Crippen molar-refractivity contribution in [2.75, 3.05) is 0 Å². The summed E-state index contributed by atoms with van der Waals surface area (Å²) in [5.41, 5.74) is 10.2. The number of para-hydroxylation sites is 2. The Morgan fingerprint density at radius 3 is 2.18 bits per heavy atom. The van der Waals surface area contributed by atoms with Crippen LogP contribution in [0.2, 0.25) is 0 Å². The summed E-state index contributed by atoms with van der Waals surface area (Å²) >= 11 is 0. The van der Waals surface area contributed by atoms with Crippen LogP contribution in [0, 0.1) is 0 Å². The van der Waals surface area contributed by atoms with E-state index < -0.39 is 0 Å². The quantitative estimate of drug-likeness (QED) is 0.208. The number of pyridine rings is 1. The zero-order valence-corrected chi connectivity index (χ0v) is 24.4. The minimum atomic E-state index is 0.910. The lowest BCUT2D eigenvalue weighted by Crippen LogP contribution is -2.04. The molecule has 0 amide bonds. The second-order valence-electron chi connectivity index (χ2n) is 11.1. The normalized spacial score (nSPS) is 11.7. The van der Waals surface area contributed by atoms with Crippen LogP contribution in [0.3, 0.4) is 0 Å². The highest BCUT2D eigenvalue weighted by Crippen LogP contribution is 2.38. The standard InChI is InChI=1S/C37H26N8/c1-42-33-10-3-2-9-31(33)41-37(42)26-11-14-28-29-24-27(43-20-6-18-39-43)13-16-32(29)45(35(28)23-26)36-22-25(30-8-4-5-17-38-30)12-15-34(36)44-21-7-19-40-44/h2-24H,1H3. The van der Waals surface area contributed by atoms with Crippen molar-refractivity contribution >= 4 is 32.8 Å². The summed E-state index contributed by atoms with van der Waals surface area (Å²) in [6.45, 7) is 0. The summed E-state index contributed by atoms with van der Waals surface area (Å²) in [4.78, 5) is 9.69. The van der Waals surface area contributed by atoms with E-state index in [1.54, 1.807) is 6.20 Å². The van der Waals surface area contributed by atoms with Gasteiger partial charge in [0.1, 0.15) is 5.82 Å². The van der Waals surface area contributed by atoms with E-state index in [-0.39, 0.29) is 0 Å². The Balaban J connectivity index is 1.37. The lowest BCUT2D eigenvalue weighted by atomic mass is 10.1. The molecule has 0 unspecified atom stereocenters. The van der Waals surface area contributed by atoms with Crippen molar-refractivity contribution in [3.8, 4) is 39.7 Å². The van der Waals surface area contributed by atoms with E-state index in [1.165, 1.54) is 0 Å². The average molecular weight is 583 g/mol. The highest BCUT2D eigenvalue weighted by molar-refractivity contribution is 6.11. The highest BCUT2D eigenvalue weighted by atomic mass is 15.3. The van der Waals surface area contributed by atoms with Crippen molar-refractivity contribution in [1.82, 2.24) is 38.7 Å². The lowest BCUT2D eigenvalue weighted by Gasteiger charge is -2.16. The number of aryl methyl sites for hydroxylation is 1. The Kier molecular flexibility index (Phi) is 5.55. The first-order chi connectivity index (χ1) is 22.2. The number of imidazole rings is 1. The summed E-state index contributed by atoms with van der Waals surface area (Å²) in [6, 6.07) is 37.7. The third-order valence-electron chi connectivity index (χ3n) is 8.49. The minimum absolute atomic E-state index is 0.910. The molecule has 0 atom stereocenters. The molecular weight excluding hydrogens is 556 g/mol. The SMILES string of the molecule is Cn1c(-c2ccc3c4cc(-n5cccn5)ccc4n(-c4cc(-c5ccccn5)ccc4-n4cccn4)c3c2)nc2ccccc21. The molecule has 5 aromatic heterocycles. The molecule has 45 heavy (non-hydrogen) atoms. The Hall–Kier alpha value is -6.28. The fourth-order valence-corrected chi connectivity index (χ4v) is 6.38. The number of fused-ring (bicyclic) bond motifs is 4. The Morgan fingerprint density at radius 2 is 1.38 bits per heavy atom. The maximum absolute atomic E-state index is 5.03. The molecule has 0 aliphatic carbocycles. The zero-order chi connectivity index (χ0) is 29.9. The van der Waals surface area contributed by atoms with Gasteiger partial charge in [0.15, 0.2) is 0 Å². The fraction of sp³-hybridized carbons (Fsp3) is 0.0270. The van der Waals surface area contributed by atoms with Gasteiger partial charge < -0.3 is 9.13 Å². The van der Waals surface area contributed by atoms with Gasteiger partial charge in [-0.25, -0.2) is 14.3 Å². The Morgan fingerprint density at radius 1 is 0.556 bits per heavy atom. The van der Waals surface area contributed by atoms with Gasteiger partial charge in [-0.05, 0) is 72.8 Å². The fourth-order valence-electron chi connectivity index (χ4n) is 6.38.